The zero-order chi connectivity index (χ0) is 16.0. The zero-order valence-corrected chi connectivity index (χ0v) is 14.4. The van der Waals surface area contributed by atoms with Crippen LogP contribution < -0.4 is 5.32 Å². The van der Waals surface area contributed by atoms with E-state index in [0.717, 1.165) is 32.5 Å². The van der Waals surface area contributed by atoms with Crippen molar-refractivity contribution in [2.24, 2.45) is 5.92 Å². The van der Waals surface area contributed by atoms with Gasteiger partial charge in [0.1, 0.15) is 5.60 Å². The molecule has 3 atom stereocenters. The summed E-state index contributed by atoms with van der Waals surface area (Å²) in [5.74, 6) is 0.565. The number of hydrogen-bond acceptors (Lipinski definition) is 4. The molecule has 1 aliphatic heterocycles. The van der Waals surface area contributed by atoms with Crippen molar-refractivity contribution in [3.63, 3.8) is 0 Å². The summed E-state index contributed by atoms with van der Waals surface area (Å²) in [5.41, 5.74) is -0.414. The molecule has 124 valence electrons. The number of carbonyl (C=O) groups is 1. The number of nitrogens with zero attached hydrogens (tertiary/aromatic N) is 1. The summed E-state index contributed by atoms with van der Waals surface area (Å²) in [6.45, 7) is 12.5. The van der Waals surface area contributed by atoms with Gasteiger partial charge in [0.2, 0.25) is 0 Å². The minimum absolute atomic E-state index is 0.181. The van der Waals surface area contributed by atoms with Crippen LogP contribution >= 0.6 is 0 Å². The summed E-state index contributed by atoms with van der Waals surface area (Å²) in [4.78, 5) is 13.8. The molecule has 0 saturated carbocycles. The van der Waals surface area contributed by atoms with Gasteiger partial charge in [0.25, 0.3) is 0 Å². The minimum atomic E-state index is -0.414. The number of likely N-dealkylation sites (tertiary alicyclic amines) is 1. The molecule has 0 spiro atoms. The molecule has 0 bridgehead atoms. The molecule has 1 aliphatic rings. The van der Waals surface area contributed by atoms with Crippen molar-refractivity contribution in [2.45, 2.75) is 65.2 Å². The fourth-order valence-corrected chi connectivity index (χ4v) is 2.45. The predicted octanol–water partition coefficient (Wildman–Crippen LogP) is 2.65. The Balaban J connectivity index is 2.24. The number of rotatable bonds is 6. The topological polar surface area (TPSA) is 50.8 Å². The maximum absolute atomic E-state index is 12.0. The largest absolute Gasteiger partial charge is 0.444 e. The summed E-state index contributed by atoms with van der Waals surface area (Å²) < 4.78 is 10.7. The van der Waals surface area contributed by atoms with Crippen molar-refractivity contribution in [1.82, 2.24) is 10.2 Å². The van der Waals surface area contributed by atoms with Crippen LogP contribution in [0.15, 0.2) is 0 Å². The van der Waals surface area contributed by atoms with Gasteiger partial charge in [-0.05, 0) is 59.9 Å². The average molecular weight is 300 g/mol. The molecule has 1 saturated heterocycles. The Morgan fingerprint density at radius 1 is 1.38 bits per heavy atom. The first-order chi connectivity index (χ1) is 9.73. The lowest BCUT2D eigenvalue weighted by Gasteiger charge is -2.24. The number of nitrogens with one attached hydrogen (secondary N) is 1. The minimum Gasteiger partial charge on any atom is -0.444 e. The predicted molar refractivity (Wildman–Crippen MR) is 84.5 cm³/mol. The van der Waals surface area contributed by atoms with E-state index in [4.69, 9.17) is 9.47 Å². The molecule has 1 fully saturated rings. The molecular weight excluding hydrogens is 268 g/mol. The van der Waals surface area contributed by atoms with Gasteiger partial charge in [0.15, 0.2) is 0 Å². The number of carbonyl (C=O) groups excluding carboxylic acids is 1. The van der Waals surface area contributed by atoms with E-state index >= 15 is 0 Å². The smallest absolute Gasteiger partial charge is 0.410 e. The molecule has 0 aromatic carbocycles. The first-order valence-electron chi connectivity index (χ1n) is 7.97. The molecule has 5 nitrogen and oxygen atoms in total. The molecule has 21 heavy (non-hydrogen) atoms. The van der Waals surface area contributed by atoms with Crippen LogP contribution in [0.2, 0.25) is 0 Å². The van der Waals surface area contributed by atoms with Crippen LogP contribution in [-0.4, -0.2) is 55.5 Å². The molecule has 1 N–H and O–H groups in total. The molecule has 1 rings (SSSR count). The van der Waals surface area contributed by atoms with Crippen LogP contribution in [0.5, 0.6) is 0 Å². The molecule has 0 aromatic rings. The second-order valence-corrected chi connectivity index (χ2v) is 7.05. The highest BCUT2D eigenvalue weighted by Gasteiger charge is 2.29. The lowest BCUT2D eigenvalue weighted by atomic mass is 10.0. The zero-order valence-electron chi connectivity index (χ0n) is 14.4. The van der Waals surface area contributed by atoms with Gasteiger partial charge in [-0.2, -0.15) is 0 Å². The molecular formula is C16H32N2O3. The summed E-state index contributed by atoms with van der Waals surface area (Å²) >= 11 is 0. The number of hydrogen-bond donors (Lipinski definition) is 1. The lowest BCUT2D eigenvalue weighted by molar-refractivity contribution is 0.0287. The second-order valence-electron chi connectivity index (χ2n) is 7.05. The average Bonchev–Trinajstić information content (AvgIpc) is 2.84. The van der Waals surface area contributed by atoms with Crippen molar-refractivity contribution in [3.05, 3.63) is 0 Å². The van der Waals surface area contributed by atoms with Crippen LogP contribution in [0.25, 0.3) is 0 Å². The van der Waals surface area contributed by atoms with E-state index in [-0.39, 0.29) is 12.2 Å². The number of methoxy groups -OCH3 is 1. The normalized spacial score (nSPS) is 22.2. The molecule has 0 aliphatic carbocycles. The SMILES string of the molecule is COC(C)C(C)NCCC1CCN(C(=O)OC(C)(C)C)C1. The standard InChI is InChI=1S/C16H32N2O3/c1-12(13(2)20-6)17-9-7-14-8-10-18(11-14)15(19)21-16(3,4)5/h12-14,17H,7-11H2,1-6H3. The third-order valence-corrected chi connectivity index (χ3v) is 4.03. The van der Waals surface area contributed by atoms with E-state index in [2.05, 4.69) is 19.2 Å². The highest BCUT2D eigenvalue weighted by molar-refractivity contribution is 5.68. The molecule has 5 heteroatoms. The van der Waals surface area contributed by atoms with Crippen LogP contribution in [0, 0.1) is 5.92 Å². The van der Waals surface area contributed by atoms with Crippen molar-refractivity contribution >= 4 is 6.09 Å². The van der Waals surface area contributed by atoms with E-state index in [0.29, 0.717) is 12.0 Å². The Hall–Kier alpha value is -0.810. The van der Waals surface area contributed by atoms with Gasteiger partial charge in [0.05, 0.1) is 6.10 Å². The summed E-state index contributed by atoms with van der Waals surface area (Å²) in [7, 11) is 1.73. The van der Waals surface area contributed by atoms with Gasteiger partial charge in [0, 0.05) is 26.2 Å². The first kappa shape index (κ1) is 18.2. The third kappa shape index (κ3) is 6.66. The number of ether oxygens (including phenoxy) is 2. The van der Waals surface area contributed by atoms with Gasteiger partial charge < -0.3 is 19.7 Å². The monoisotopic (exact) mass is 300 g/mol. The van der Waals surface area contributed by atoms with Crippen LogP contribution in [-0.2, 0) is 9.47 Å². The highest BCUT2D eigenvalue weighted by atomic mass is 16.6. The molecule has 3 unspecified atom stereocenters. The fourth-order valence-electron chi connectivity index (χ4n) is 2.45. The second kappa shape index (κ2) is 7.99. The Labute approximate surface area is 129 Å². The summed E-state index contributed by atoms with van der Waals surface area (Å²) in [5, 5.41) is 3.48. The molecule has 1 amide bonds. The summed E-state index contributed by atoms with van der Waals surface area (Å²) in [6, 6.07) is 0.346. The molecule has 0 aromatic heterocycles. The van der Waals surface area contributed by atoms with Crippen molar-refractivity contribution in [1.29, 1.82) is 0 Å². The quantitative estimate of drug-likeness (QED) is 0.819. The fraction of sp³-hybridized carbons (Fsp3) is 0.938. The Morgan fingerprint density at radius 2 is 2.05 bits per heavy atom. The maximum Gasteiger partial charge on any atom is 0.410 e. The maximum atomic E-state index is 12.0. The molecule has 0 radical (unpaired) electrons. The van der Waals surface area contributed by atoms with Crippen LogP contribution in [0.1, 0.15) is 47.5 Å². The van der Waals surface area contributed by atoms with Crippen molar-refractivity contribution in [3.8, 4) is 0 Å². The van der Waals surface area contributed by atoms with Crippen LogP contribution in [0.3, 0.4) is 0 Å². The Bertz CT molecular complexity index is 328. The van der Waals surface area contributed by atoms with Crippen molar-refractivity contribution in [2.75, 3.05) is 26.7 Å². The van der Waals surface area contributed by atoms with E-state index in [9.17, 15) is 4.79 Å². The van der Waals surface area contributed by atoms with Crippen LogP contribution in [0.4, 0.5) is 4.79 Å². The van der Waals surface area contributed by atoms with Crippen molar-refractivity contribution < 1.29 is 14.3 Å². The molecule has 1 heterocycles. The van der Waals surface area contributed by atoms with Gasteiger partial charge >= 0.3 is 6.09 Å². The Morgan fingerprint density at radius 3 is 2.62 bits per heavy atom. The van der Waals surface area contributed by atoms with Gasteiger partial charge in [-0.15, -0.1) is 0 Å². The first-order valence-corrected chi connectivity index (χ1v) is 7.97. The van der Waals surface area contributed by atoms with E-state index in [1.165, 1.54) is 0 Å². The number of amides is 1. The highest BCUT2D eigenvalue weighted by Crippen LogP contribution is 2.21. The van der Waals surface area contributed by atoms with E-state index < -0.39 is 5.60 Å². The third-order valence-electron chi connectivity index (χ3n) is 4.03. The Kier molecular flexibility index (Phi) is 6.94. The van der Waals surface area contributed by atoms with Gasteiger partial charge in [-0.25, -0.2) is 4.79 Å². The van der Waals surface area contributed by atoms with E-state index in [1.807, 2.05) is 25.7 Å². The summed E-state index contributed by atoms with van der Waals surface area (Å²) in [6.07, 6.45) is 2.18. The van der Waals surface area contributed by atoms with Gasteiger partial charge in [-0.1, -0.05) is 0 Å². The van der Waals surface area contributed by atoms with Gasteiger partial charge in [-0.3, -0.25) is 0 Å². The lowest BCUT2D eigenvalue weighted by Crippen LogP contribution is -2.38. The van der Waals surface area contributed by atoms with E-state index in [1.54, 1.807) is 7.11 Å².